The third-order valence-corrected chi connectivity index (χ3v) is 5.22. The Morgan fingerprint density at radius 3 is 2.66 bits per heavy atom. The second kappa shape index (κ2) is 7.43. The molecule has 1 aliphatic heterocycles. The van der Waals surface area contributed by atoms with Crippen molar-refractivity contribution in [3.8, 4) is 11.4 Å². The molecule has 0 saturated heterocycles. The minimum atomic E-state index is 0.337. The van der Waals surface area contributed by atoms with Gasteiger partial charge in [-0.1, -0.05) is 48.5 Å². The maximum atomic E-state index is 5.45. The molecular formula is C24H22N4O. The van der Waals surface area contributed by atoms with Crippen LogP contribution in [0.4, 0.5) is 17.3 Å². The molecule has 0 saturated carbocycles. The monoisotopic (exact) mass is 382 g/mol. The molecule has 1 aliphatic rings. The molecule has 5 nitrogen and oxygen atoms in total. The Balaban J connectivity index is 1.56. The highest BCUT2D eigenvalue weighted by molar-refractivity contribution is 5.72. The third kappa shape index (κ3) is 3.47. The van der Waals surface area contributed by atoms with Crippen LogP contribution >= 0.6 is 0 Å². The van der Waals surface area contributed by atoms with Gasteiger partial charge in [-0.3, -0.25) is 0 Å². The van der Waals surface area contributed by atoms with Gasteiger partial charge in [0.2, 0.25) is 0 Å². The van der Waals surface area contributed by atoms with Crippen LogP contribution in [0.3, 0.4) is 0 Å². The number of para-hydroxylation sites is 1. The van der Waals surface area contributed by atoms with Crippen LogP contribution in [-0.4, -0.2) is 16.0 Å². The third-order valence-electron chi connectivity index (χ3n) is 5.22. The van der Waals surface area contributed by atoms with Crippen LogP contribution < -0.4 is 10.2 Å². The van der Waals surface area contributed by atoms with Crippen LogP contribution in [0.5, 0.6) is 0 Å². The summed E-state index contributed by atoms with van der Waals surface area (Å²) >= 11 is 0. The number of nitrogens with zero attached hydrogens (tertiary/aromatic N) is 3. The first-order valence-corrected chi connectivity index (χ1v) is 9.86. The van der Waals surface area contributed by atoms with E-state index >= 15 is 0 Å². The van der Waals surface area contributed by atoms with Crippen molar-refractivity contribution in [2.24, 2.45) is 0 Å². The van der Waals surface area contributed by atoms with Crippen LogP contribution in [0.25, 0.3) is 11.4 Å². The highest BCUT2D eigenvalue weighted by atomic mass is 16.3. The summed E-state index contributed by atoms with van der Waals surface area (Å²) in [5.41, 5.74) is 3.56. The van der Waals surface area contributed by atoms with Crippen molar-refractivity contribution >= 4 is 17.3 Å². The van der Waals surface area contributed by atoms with Gasteiger partial charge in [0.1, 0.15) is 17.4 Å². The van der Waals surface area contributed by atoms with E-state index < -0.39 is 0 Å². The fraction of sp³-hybridized carbons (Fsp3) is 0.167. The Kier molecular flexibility index (Phi) is 4.48. The van der Waals surface area contributed by atoms with Gasteiger partial charge in [-0.25, -0.2) is 9.97 Å². The average molecular weight is 382 g/mol. The number of aromatic nitrogens is 2. The normalized spacial score (nSPS) is 15.3. The largest absolute Gasteiger partial charge is 0.467 e. The summed E-state index contributed by atoms with van der Waals surface area (Å²) < 4.78 is 5.45. The van der Waals surface area contributed by atoms with E-state index in [4.69, 9.17) is 14.4 Å². The molecule has 0 spiro atoms. The summed E-state index contributed by atoms with van der Waals surface area (Å²) in [5.74, 6) is 3.26. The van der Waals surface area contributed by atoms with E-state index in [0.717, 1.165) is 29.4 Å². The van der Waals surface area contributed by atoms with Crippen molar-refractivity contribution in [1.82, 2.24) is 9.97 Å². The minimum absolute atomic E-state index is 0.337. The van der Waals surface area contributed by atoms with Gasteiger partial charge in [0.25, 0.3) is 0 Å². The highest BCUT2D eigenvalue weighted by Gasteiger charge is 2.28. The zero-order valence-electron chi connectivity index (χ0n) is 16.2. The molecule has 2 aromatic heterocycles. The molecule has 29 heavy (non-hydrogen) atoms. The molecule has 3 heterocycles. The number of rotatable bonds is 5. The van der Waals surface area contributed by atoms with Gasteiger partial charge in [-0.05, 0) is 37.1 Å². The van der Waals surface area contributed by atoms with Gasteiger partial charge < -0.3 is 14.6 Å². The molecule has 5 rings (SSSR count). The SMILES string of the molecule is CC1Cc2ccccc2N1c1cc(NCc2ccco2)nc(-c2ccccc2)n1. The minimum Gasteiger partial charge on any atom is -0.467 e. The van der Waals surface area contributed by atoms with E-state index in [1.54, 1.807) is 6.26 Å². The van der Waals surface area contributed by atoms with Crippen molar-refractivity contribution in [1.29, 1.82) is 0 Å². The Morgan fingerprint density at radius 2 is 1.83 bits per heavy atom. The second-order valence-corrected chi connectivity index (χ2v) is 7.29. The summed E-state index contributed by atoms with van der Waals surface area (Å²) in [4.78, 5) is 12.0. The fourth-order valence-corrected chi connectivity index (χ4v) is 3.87. The number of hydrogen-bond acceptors (Lipinski definition) is 5. The summed E-state index contributed by atoms with van der Waals surface area (Å²) in [6.07, 6.45) is 2.69. The molecule has 0 aliphatic carbocycles. The topological polar surface area (TPSA) is 54.2 Å². The summed E-state index contributed by atoms with van der Waals surface area (Å²) in [5, 5.41) is 3.39. The molecule has 4 aromatic rings. The Morgan fingerprint density at radius 1 is 1.00 bits per heavy atom. The Bertz CT molecular complexity index is 1110. The zero-order chi connectivity index (χ0) is 19.6. The molecular weight excluding hydrogens is 360 g/mol. The van der Waals surface area contributed by atoms with Crippen LogP contribution in [0, 0.1) is 0 Å². The maximum absolute atomic E-state index is 5.45. The van der Waals surface area contributed by atoms with Crippen molar-refractivity contribution in [3.05, 3.63) is 90.4 Å². The molecule has 0 bridgehead atoms. The number of fused-ring (bicyclic) bond motifs is 1. The van der Waals surface area contributed by atoms with E-state index in [1.165, 1.54) is 11.3 Å². The Labute approximate surface area is 170 Å². The molecule has 0 amide bonds. The van der Waals surface area contributed by atoms with Crippen molar-refractivity contribution in [3.63, 3.8) is 0 Å². The number of hydrogen-bond donors (Lipinski definition) is 1. The number of anilines is 3. The van der Waals surface area contributed by atoms with Crippen LogP contribution in [-0.2, 0) is 13.0 Å². The van der Waals surface area contributed by atoms with Gasteiger partial charge in [0.05, 0.1) is 12.8 Å². The van der Waals surface area contributed by atoms with Crippen molar-refractivity contribution < 1.29 is 4.42 Å². The predicted octanol–water partition coefficient (Wildman–Crippen LogP) is 5.43. The number of benzene rings is 2. The first-order valence-electron chi connectivity index (χ1n) is 9.86. The number of furan rings is 1. The predicted molar refractivity (Wildman–Crippen MR) is 115 cm³/mol. The van der Waals surface area contributed by atoms with E-state index in [-0.39, 0.29) is 0 Å². The van der Waals surface area contributed by atoms with Gasteiger partial charge in [-0.2, -0.15) is 0 Å². The summed E-state index contributed by atoms with van der Waals surface area (Å²) in [7, 11) is 0. The lowest BCUT2D eigenvalue weighted by Crippen LogP contribution is -2.25. The Hall–Kier alpha value is -3.60. The van der Waals surface area contributed by atoms with Gasteiger partial charge in [0, 0.05) is 23.4 Å². The molecule has 0 fully saturated rings. The standard InChI is InChI=1S/C24H22N4O/c1-17-14-19-10-5-6-12-21(19)28(17)23-15-22(25-16-20-11-7-13-29-20)26-24(27-23)18-8-3-2-4-9-18/h2-13,15,17H,14,16H2,1H3,(H,25,26,27). The molecule has 1 N–H and O–H groups in total. The van der Waals surface area contributed by atoms with E-state index in [2.05, 4.69) is 41.4 Å². The maximum Gasteiger partial charge on any atom is 0.163 e. The van der Waals surface area contributed by atoms with Crippen LogP contribution in [0.15, 0.2) is 83.5 Å². The highest BCUT2D eigenvalue weighted by Crippen LogP contribution is 2.38. The van der Waals surface area contributed by atoms with Crippen LogP contribution in [0.1, 0.15) is 18.2 Å². The average Bonchev–Trinajstić information content (AvgIpc) is 3.39. The van der Waals surface area contributed by atoms with Gasteiger partial charge in [0.15, 0.2) is 5.82 Å². The lowest BCUT2D eigenvalue weighted by atomic mass is 10.1. The molecule has 0 radical (unpaired) electrons. The molecule has 5 heteroatoms. The first kappa shape index (κ1) is 17.5. The van der Waals surface area contributed by atoms with Gasteiger partial charge in [-0.15, -0.1) is 0 Å². The molecule has 1 unspecified atom stereocenters. The molecule has 144 valence electrons. The lowest BCUT2D eigenvalue weighted by Gasteiger charge is -2.25. The van der Waals surface area contributed by atoms with Crippen molar-refractivity contribution in [2.75, 3.05) is 10.2 Å². The summed E-state index contributed by atoms with van der Waals surface area (Å²) in [6, 6.07) is 24.8. The van der Waals surface area contributed by atoms with Crippen molar-refractivity contribution in [2.45, 2.75) is 25.9 Å². The van der Waals surface area contributed by atoms with E-state index in [0.29, 0.717) is 18.4 Å². The molecule has 1 atom stereocenters. The fourth-order valence-electron chi connectivity index (χ4n) is 3.87. The lowest BCUT2D eigenvalue weighted by molar-refractivity contribution is 0.518. The van der Waals surface area contributed by atoms with E-state index in [1.807, 2.05) is 48.5 Å². The summed E-state index contributed by atoms with van der Waals surface area (Å²) in [6.45, 7) is 2.81. The van der Waals surface area contributed by atoms with E-state index in [9.17, 15) is 0 Å². The smallest absolute Gasteiger partial charge is 0.163 e. The zero-order valence-corrected chi connectivity index (χ0v) is 16.2. The molecule has 2 aromatic carbocycles. The quantitative estimate of drug-likeness (QED) is 0.499. The second-order valence-electron chi connectivity index (χ2n) is 7.29. The van der Waals surface area contributed by atoms with Crippen LogP contribution in [0.2, 0.25) is 0 Å². The first-order chi connectivity index (χ1) is 14.3. The van der Waals surface area contributed by atoms with Gasteiger partial charge >= 0.3 is 0 Å². The number of nitrogens with one attached hydrogen (secondary N) is 1.